The number of halogens is 3. The molecule has 1 aromatic heterocycles. The first-order chi connectivity index (χ1) is 9.16. The summed E-state index contributed by atoms with van der Waals surface area (Å²) in [7, 11) is 0. The fourth-order valence-electron chi connectivity index (χ4n) is 1.93. The third kappa shape index (κ3) is 2.45. The molecule has 1 unspecified atom stereocenters. The lowest BCUT2D eigenvalue weighted by Gasteiger charge is -2.21. The third-order valence-corrected chi connectivity index (χ3v) is 4.30. The number of fused-ring (bicyclic) bond motifs is 1. The largest absolute Gasteiger partial charge is 0.486 e. The Hall–Kier alpha value is -0.840. The SMILES string of the molecule is Clc1cc2c(cc1C(Cl)c1ccoc1Br)OCCO2. The molecule has 100 valence electrons. The van der Waals surface area contributed by atoms with Crippen LogP contribution in [0.4, 0.5) is 0 Å². The Morgan fingerprint density at radius 3 is 2.42 bits per heavy atom. The van der Waals surface area contributed by atoms with Gasteiger partial charge in [-0.2, -0.15) is 0 Å². The summed E-state index contributed by atoms with van der Waals surface area (Å²) < 4.78 is 16.8. The maximum Gasteiger partial charge on any atom is 0.173 e. The molecule has 19 heavy (non-hydrogen) atoms. The molecule has 0 radical (unpaired) electrons. The van der Waals surface area contributed by atoms with Gasteiger partial charge >= 0.3 is 0 Å². The first-order valence-electron chi connectivity index (χ1n) is 5.63. The lowest BCUT2D eigenvalue weighted by molar-refractivity contribution is 0.171. The molecule has 2 heterocycles. The van der Waals surface area contributed by atoms with Crippen molar-refractivity contribution < 1.29 is 13.9 Å². The quantitative estimate of drug-likeness (QED) is 0.718. The van der Waals surface area contributed by atoms with Crippen LogP contribution in [0.2, 0.25) is 5.02 Å². The van der Waals surface area contributed by atoms with Crippen molar-refractivity contribution in [2.45, 2.75) is 5.38 Å². The Labute approximate surface area is 128 Å². The van der Waals surface area contributed by atoms with Crippen LogP contribution in [0.3, 0.4) is 0 Å². The van der Waals surface area contributed by atoms with E-state index >= 15 is 0 Å². The van der Waals surface area contributed by atoms with Crippen molar-refractivity contribution >= 4 is 39.1 Å². The van der Waals surface area contributed by atoms with E-state index in [9.17, 15) is 0 Å². The minimum absolute atomic E-state index is 0.420. The van der Waals surface area contributed by atoms with Crippen LogP contribution in [0, 0.1) is 0 Å². The second-order valence-corrected chi connectivity index (χ2v) is 5.59. The molecule has 1 aliphatic heterocycles. The average Bonchev–Trinajstić information content (AvgIpc) is 2.83. The van der Waals surface area contributed by atoms with Crippen LogP contribution in [0.25, 0.3) is 0 Å². The van der Waals surface area contributed by atoms with Crippen LogP contribution >= 0.6 is 39.1 Å². The van der Waals surface area contributed by atoms with Gasteiger partial charge < -0.3 is 13.9 Å². The molecule has 1 aromatic carbocycles. The van der Waals surface area contributed by atoms with Gasteiger partial charge in [0, 0.05) is 16.7 Å². The molecule has 0 saturated heterocycles. The summed E-state index contributed by atoms with van der Waals surface area (Å²) in [6.07, 6.45) is 1.57. The highest BCUT2D eigenvalue weighted by Gasteiger charge is 2.22. The van der Waals surface area contributed by atoms with Gasteiger partial charge in [0.2, 0.25) is 0 Å². The van der Waals surface area contributed by atoms with Crippen molar-refractivity contribution in [1.82, 2.24) is 0 Å². The van der Waals surface area contributed by atoms with Crippen LogP contribution in [0.15, 0.2) is 33.5 Å². The Balaban J connectivity index is 2.03. The second kappa shape index (κ2) is 5.27. The number of rotatable bonds is 2. The molecule has 0 bridgehead atoms. The lowest BCUT2D eigenvalue weighted by atomic mass is 10.1. The summed E-state index contributed by atoms with van der Waals surface area (Å²) in [5, 5.41) is 0.119. The van der Waals surface area contributed by atoms with Crippen LogP contribution in [0.1, 0.15) is 16.5 Å². The summed E-state index contributed by atoms with van der Waals surface area (Å²) in [4.78, 5) is 0. The van der Waals surface area contributed by atoms with Crippen molar-refractivity contribution in [3.63, 3.8) is 0 Å². The first kappa shape index (κ1) is 13.2. The van der Waals surface area contributed by atoms with Gasteiger partial charge in [0.1, 0.15) is 13.2 Å². The Kier molecular flexibility index (Phi) is 3.65. The average molecular weight is 364 g/mol. The van der Waals surface area contributed by atoms with Gasteiger partial charge in [0.15, 0.2) is 16.2 Å². The zero-order chi connectivity index (χ0) is 13.4. The number of hydrogen-bond donors (Lipinski definition) is 0. The molecule has 3 nitrogen and oxygen atoms in total. The van der Waals surface area contributed by atoms with Crippen LogP contribution < -0.4 is 9.47 Å². The smallest absolute Gasteiger partial charge is 0.173 e. The van der Waals surface area contributed by atoms with Gasteiger partial charge in [-0.3, -0.25) is 0 Å². The summed E-state index contributed by atoms with van der Waals surface area (Å²) >= 11 is 16.0. The third-order valence-electron chi connectivity index (χ3n) is 2.85. The van der Waals surface area contributed by atoms with Gasteiger partial charge in [-0.1, -0.05) is 11.6 Å². The summed E-state index contributed by atoms with van der Waals surface area (Å²) in [5.41, 5.74) is 1.58. The number of hydrogen-bond acceptors (Lipinski definition) is 3. The zero-order valence-corrected chi connectivity index (χ0v) is 12.8. The molecule has 6 heteroatoms. The van der Waals surface area contributed by atoms with Crippen molar-refractivity contribution in [2.24, 2.45) is 0 Å². The van der Waals surface area contributed by atoms with Crippen molar-refractivity contribution in [1.29, 1.82) is 0 Å². The molecule has 0 spiro atoms. The molecular weight excluding hydrogens is 355 g/mol. The topological polar surface area (TPSA) is 31.6 Å². The highest BCUT2D eigenvalue weighted by atomic mass is 79.9. The van der Waals surface area contributed by atoms with E-state index in [1.807, 2.05) is 6.07 Å². The summed E-state index contributed by atoms with van der Waals surface area (Å²) in [6.45, 7) is 1.05. The molecule has 0 amide bonds. The van der Waals surface area contributed by atoms with Crippen LogP contribution in [-0.4, -0.2) is 13.2 Å². The van der Waals surface area contributed by atoms with Crippen LogP contribution in [0.5, 0.6) is 11.5 Å². The molecular formula is C13H9BrCl2O3. The zero-order valence-electron chi connectivity index (χ0n) is 9.66. The second-order valence-electron chi connectivity index (χ2n) is 4.03. The van der Waals surface area contributed by atoms with E-state index in [2.05, 4.69) is 15.9 Å². The van der Waals surface area contributed by atoms with Crippen molar-refractivity contribution in [3.05, 3.63) is 45.3 Å². The molecule has 0 N–H and O–H groups in total. The Morgan fingerprint density at radius 1 is 1.11 bits per heavy atom. The van der Waals surface area contributed by atoms with Gasteiger partial charge in [-0.25, -0.2) is 0 Å². The predicted molar refractivity (Wildman–Crippen MR) is 76.5 cm³/mol. The Morgan fingerprint density at radius 2 is 1.79 bits per heavy atom. The maximum absolute atomic E-state index is 6.46. The predicted octanol–water partition coefficient (Wildman–Crippen LogP) is 4.79. The number of alkyl halides is 1. The van der Waals surface area contributed by atoms with Gasteiger partial charge in [-0.05, 0) is 33.6 Å². The van der Waals surface area contributed by atoms with Gasteiger partial charge in [0.25, 0.3) is 0 Å². The molecule has 0 saturated carbocycles. The van der Waals surface area contributed by atoms with E-state index in [1.165, 1.54) is 0 Å². The molecule has 2 aromatic rings. The first-order valence-corrected chi connectivity index (χ1v) is 7.23. The molecule has 0 aliphatic carbocycles. The summed E-state index contributed by atoms with van der Waals surface area (Å²) in [6, 6.07) is 5.34. The van der Waals surface area contributed by atoms with E-state index in [1.54, 1.807) is 18.4 Å². The van der Waals surface area contributed by atoms with E-state index in [0.29, 0.717) is 34.4 Å². The molecule has 1 aliphatic rings. The van der Waals surface area contributed by atoms with Crippen molar-refractivity contribution in [2.75, 3.05) is 13.2 Å². The minimum Gasteiger partial charge on any atom is -0.486 e. The van der Waals surface area contributed by atoms with Gasteiger partial charge in [-0.15, -0.1) is 11.6 Å². The monoisotopic (exact) mass is 362 g/mol. The Bertz CT molecular complexity index is 612. The molecule has 0 fully saturated rings. The molecule has 1 atom stereocenters. The number of ether oxygens (including phenoxy) is 2. The minimum atomic E-state index is -0.420. The number of furan rings is 1. The van der Waals surface area contributed by atoms with E-state index in [-0.39, 0.29) is 0 Å². The highest BCUT2D eigenvalue weighted by molar-refractivity contribution is 9.10. The fourth-order valence-corrected chi connectivity index (χ4v) is 3.20. The highest BCUT2D eigenvalue weighted by Crippen LogP contribution is 2.43. The van der Waals surface area contributed by atoms with E-state index in [0.717, 1.165) is 11.1 Å². The number of benzene rings is 1. The fraction of sp³-hybridized carbons (Fsp3) is 0.231. The van der Waals surface area contributed by atoms with Crippen LogP contribution in [-0.2, 0) is 0 Å². The summed E-state index contributed by atoms with van der Waals surface area (Å²) in [5.74, 6) is 1.31. The van der Waals surface area contributed by atoms with Crippen molar-refractivity contribution in [3.8, 4) is 11.5 Å². The maximum atomic E-state index is 6.46. The van der Waals surface area contributed by atoms with E-state index < -0.39 is 5.38 Å². The lowest BCUT2D eigenvalue weighted by Crippen LogP contribution is -2.15. The standard InChI is InChI=1S/C13H9BrCl2O3/c14-13-7(1-2-19-13)12(16)8-5-10-11(6-9(8)15)18-4-3-17-10/h1-2,5-6,12H,3-4H2. The normalized spacial score (nSPS) is 15.3. The van der Waals surface area contributed by atoms with Gasteiger partial charge in [0.05, 0.1) is 11.6 Å². The van der Waals surface area contributed by atoms with E-state index in [4.69, 9.17) is 37.1 Å². The molecule has 3 rings (SSSR count).